The number of sulfonamides is 1. The number of hydrogen-bond acceptors (Lipinski definition) is 4. The Balaban J connectivity index is 2.08. The third-order valence-electron chi connectivity index (χ3n) is 3.68. The zero-order valence-electron chi connectivity index (χ0n) is 14.6. The van der Waals surface area contributed by atoms with E-state index < -0.39 is 21.8 Å². The molecule has 138 valence electrons. The molecule has 0 saturated carbocycles. The second-order valence-corrected chi connectivity index (χ2v) is 7.28. The number of ether oxygens (including phenoxy) is 1. The maximum Gasteiger partial charge on any atom is 0.336 e. The molecule has 0 aliphatic rings. The van der Waals surface area contributed by atoms with E-state index >= 15 is 0 Å². The zero-order chi connectivity index (χ0) is 19.2. The van der Waals surface area contributed by atoms with Crippen molar-refractivity contribution >= 4 is 22.1 Å². The Kier molecular flexibility index (Phi) is 6.65. The predicted molar refractivity (Wildman–Crippen MR) is 97.6 cm³/mol. The molecule has 5 nitrogen and oxygen atoms in total. The number of rotatable bonds is 7. The van der Waals surface area contributed by atoms with Crippen LogP contribution in [0.15, 0.2) is 59.5 Å². The summed E-state index contributed by atoms with van der Waals surface area (Å²) in [6.45, 7) is 4.34. The second kappa shape index (κ2) is 8.73. The summed E-state index contributed by atoms with van der Waals surface area (Å²) in [4.78, 5) is 11.9. The first-order valence-electron chi connectivity index (χ1n) is 8.13. The van der Waals surface area contributed by atoms with E-state index in [1.807, 2.05) is 0 Å². The molecule has 2 aromatic carbocycles. The van der Waals surface area contributed by atoms with Gasteiger partial charge in [0.05, 0.1) is 4.90 Å². The van der Waals surface area contributed by atoms with Crippen molar-refractivity contribution in [1.82, 2.24) is 4.31 Å². The van der Waals surface area contributed by atoms with Gasteiger partial charge in [-0.05, 0) is 35.9 Å². The lowest BCUT2D eigenvalue weighted by Gasteiger charge is -2.18. The number of halogens is 1. The molecule has 0 spiro atoms. The normalized spacial score (nSPS) is 11.8. The molecular weight excluding hydrogens is 357 g/mol. The maximum absolute atomic E-state index is 13.4. The molecule has 7 heteroatoms. The number of carbonyl (C=O) groups excluding carboxylic acids is 1. The highest BCUT2D eigenvalue weighted by Gasteiger charge is 2.20. The summed E-state index contributed by atoms with van der Waals surface area (Å²) in [5, 5.41) is 0. The van der Waals surface area contributed by atoms with Gasteiger partial charge in [0.15, 0.2) is 11.6 Å². The Morgan fingerprint density at radius 2 is 1.69 bits per heavy atom. The molecular formula is C19H20FNO4S. The van der Waals surface area contributed by atoms with Gasteiger partial charge < -0.3 is 4.74 Å². The number of nitrogens with zero attached hydrogens (tertiary/aromatic N) is 1. The van der Waals surface area contributed by atoms with Crippen LogP contribution in [0.5, 0.6) is 5.75 Å². The lowest BCUT2D eigenvalue weighted by atomic mass is 10.2. The average Bonchev–Trinajstić information content (AvgIpc) is 2.63. The lowest BCUT2D eigenvalue weighted by Crippen LogP contribution is -2.30. The summed E-state index contributed by atoms with van der Waals surface area (Å²) in [6, 6.07) is 11.7. The highest BCUT2D eigenvalue weighted by Crippen LogP contribution is 2.18. The van der Waals surface area contributed by atoms with Crippen LogP contribution in [0, 0.1) is 5.82 Å². The van der Waals surface area contributed by atoms with Crippen LogP contribution in [-0.4, -0.2) is 31.8 Å². The standard InChI is InChI=1S/C19H20FNO4S/c1-3-21(4-2)26(23,24)16-12-9-15(10-13-16)11-14-19(22)25-18-8-6-5-7-17(18)20/h5-14H,3-4H2,1-2H3/b14-11+. The first-order valence-corrected chi connectivity index (χ1v) is 9.57. The van der Waals surface area contributed by atoms with Gasteiger partial charge in [0.1, 0.15) is 0 Å². The Morgan fingerprint density at radius 1 is 1.08 bits per heavy atom. The molecule has 0 aliphatic carbocycles. The molecule has 2 aromatic rings. The highest BCUT2D eigenvalue weighted by atomic mass is 32.2. The largest absolute Gasteiger partial charge is 0.420 e. The van der Waals surface area contributed by atoms with Crippen molar-refractivity contribution in [2.24, 2.45) is 0 Å². The fraction of sp³-hybridized carbons (Fsp3) is 0.211. The van der Waals surface area contributed by atoms with Gasteiger partial charge >= 0.3 is 5.97 Å². The summed E-state index contributed by atoms with van der Waals surface area (Å²) < 4.78 is 44.5. The van der Waals surface area contributed by atoms with E-state index in [2.05, 4.69) is 0 Å². The second-order valence-electron chi connectivity index (χ2n) is 5.34. The number of esters is 1. The summed E-state index contributed by atoms with van der Waals surface area (Å²) >= 11 is 0. The molecule has 0 heterocycles. The van der Waals surface area contributed by atoms with E-state index in [1.54, 1.807) is 32.0 Å². The molecule has 0 radical (unpaired) electrons. The fourth-order valence-corrected chi connectivity index (χ4v) is 3.76. The van der Waals surface area contributed by atoms with E-state index in [1.165, 1.54) is 40.7 Å². The predicted octanol–water partition coefficient (Wildman–Crippen LogP) is 3.48. The molecule has 0 bridgehead atoms. The van der Waals surface area contributed by atoms with Gasteiger partial charge in [-0.2, -0.15) is 4.31 Å². The summed E-state index contributed by atoms with van der Waals surface area (Å²) in [5.74, 6) is -1.50. The van der Waals surface area contributed by atoms with Crippen LogP contribution in [0.25, 0.3) is 6.08 Å². The third-order valence-corrected chi connectivity index (χ3v) is 5.75. The van der Waals surface area contributed by atoms with Crippen molar-refractivity contribution < 1.29 is 22.3 Å². The quantitative estimate of drug-likeness (QED) is 0.421. The monoisotopic (exact) mass is 377 g/mol. The van der Waals surface area contributed by atoms with Crippen molar-refractivity contribution in [3.63, 3.8) is 0 Å². The van der Waals surface area contributed by atoms with Gasteiger partial charge in [-0.15, -0.1) is 0 Å². The number of para-hydroxylation sites is 1. The Hall–Kier alpha value is -2.51. The number of carbonyl (C=O) groups is 1. The van der Waals surface area contributed by atoms with Crippen LogP contribution in [0.1, 0.15) is 19.4 Å². The van der Waals surface area contributed by atoms with Crippen LogP contribution in [0.2, 0.25) is 0 Å². The summed E-state index contributed by atoms with van der Waals surface area (Å²) in [7, 11) is -3.52. The van der Waals surface area contributed by atoms with Gasteiger partial charge in [0.25, 0.3) is 0 Å². The van der Waals surface area contributed by atoms with Crippen molar-refractivity contribution in [3.8, 4) is 5.75 Å². The van der Waals surface area contributed by atoms with Gasteiger partial charge in [0, 0.05) is 19.2 Å². The minimum absolute atomic E-state index is 0.150. The van der Waals surface area contributed by atoms with Gasteiger partial charge in [0.2, 0.25) is 10.0 Å². The van der Waals surface area contributed by atoms with Crippen LogP contribution in [0.3, 0.4) is 0 Å². The topological polar surface area (TPSA) is 63.7 Å². The average molecular weight is 377 g/mol. The number of benzene rings is 2. The molecule has 0 atom stereocenters. The molecule has 0 aliphatic heterocycles. The molecule has 0 amide bonds. The Labute approximate surface area is 152 Å². The van der Waals surface area contributed by atoms with Crippen LogP contribution < -0.4 is 4.74 Å². The van der Waals surface area contributed by atoms with Crippen molar-refractivity contribution in [2.75, 3.05) is 13.1 Å². The summed E-state index contributed by atoms with van der Waals surface area (Å²) in [6.07, 6.45) is 2.62. The number of hydrogen-bond donors (Lipinski definition) is 0. The van der Waals surface area contributed by atoms with E-state index in [9.17, 15) is 17.6 Å². The van der Waals surface area contributed by atoms with Gasteiger partial charge in [-0.3, -0.25) is 0 Å². The minimum Gasteiger partial charge on any atom is -0.420 e. The van der Waals surface area contributed by atoms with Crippen molar-refractivity contribution in [2.45, 2.75) is 18.7 Å². The smallest absolute Gasteiger partial charge is 0.336 e. The molecule has 0 aromatic heterocycles. The lowest BCUT2D eigenvalue weighted by molar-refractivity contribution is -0.129. The van der Waals surface area contributed by atoms with Gasteiger partial charge in [-0.1, -0.05) is 38.1 Å². The molecule has 2 rings (SSSR count). The highest BCUT2D eigenvalue weighted by molar-refractivity contribution is 7.89. The van der Waals surface area contributed by atoms with Crippen molar-refractivity contribution in [1.29, 1.82) is 0 Å². The molecule has 0 fully saturated rings. The fourth-order valence-electron chi connectivity index (χ4n) is 2.30. The maximum atomic E-state index is 13.4. The molecule has 0 N–H and O–H groups in total. The van der Waals surface area contributed by atoms with Gasteiger partial charge in [-0.25, -0.2) is 17.6 Å². The first-order chi connectivity index (χ1) is 12.4. The first kappa shape index (κ1) is 19.8. The van der Waals surface area contributed by atoms with Crippen molar-refractivity contribution in [3.05, 3.63) is 66.0 Å². The van der Waals surface area contributed by atoms with E-state index in [-0.39, 0.29) is 10.6 Å². The SMILES string of the molecule is CCN(CC)S(=O)(=O)c1ccc(/C=C/C(=O)Oc2ccccc2F)cc1. The minimum atomic E-state index is -3.52. The Morgan fingerprint density at radius 3 is 2.27 bits per heavy atom. The molecule has 26 heavy (non-hydrogen) atoms. The molecule has 0 unspecified atom stereocenters. The van der Waals surface area contributed by atoms with Crippen LogP contribution in [-0.2, 0) is 14.8 Å². The Bertz CT molecular complexity index is 888. The van der Waals surface area contributed by atoms with E-state index in [0.29, 0.717) is 18.7 Å². The van der Waals surface area contributed by atoms with Crippen LogP contribution in [0.4, 0.5) is 4.39 Å². The van der Waals surface area contributed by atoms with E-state index in [0.717, 1.165) is 6.08 Å². The van der Waals surface area contributed by atoms with E-state index in [4.69, 9.17) is 4.74 Å². The van der Waals surface area contributed by atoms with Crippen LogP contribution >= 0.6 is 0 Å². The molecule has 0 saturated heterocycles. The summed E-state index contributed by atoms with van der Waals surface area (Å²) in [5.41, 5.74) is 0.619. The zero-order valence-corrected chi connectivity index (χ0v) is 15.4. The third kappa shape index (κ3) is 4.77.